The predicted octanol–water partition coefficient (Wildman–Crippen LogP) is 5.52. The van der Waals surface area contributed by atoms with Crippen molar-refractivity contribution in [2.75, 3.05) is 19.8 Å². The summed E-state index contributed by atoms with van der Waals surface area (Å²) in [6.07, 6.45) is 8.59. The molecule has 0 bridgehead atoms. The van der Waals surface area contributed by atoms with Gasteiger partial charge in [0.1, 0.15) is 0 Å². The van der Waals surface area contributed by atoms with Crippen LogP contribution in [-0.2, 0) is 19.1 Å². The molecule has 0 saturated carbocycles. The topological polar surface area (TPSA) is 134 Å². The fourth-order valence-electron chi connectivity index (χ4n) is 2.72. The van der Waals surface area contributed by atoms with Gasteiger partial charge in [0.15, 0.2) is 0 Å². The van der Waals surface area contributed by atoms with E-state index in [9.17, 15) is 9.59 Å². The van der Waals surface area contributed by atoms with E-state index in [1.807, 2.05) is 6.92 Å². The van der Waals surface area contributed by atoms with Crippen LogP contribution >= 0.6 is 0 Å². The van der Waals surface area contributed by atoms with Crippen molar-refractivity contribution in [3.63, 3.8) is 0 Å². The van der Waals surface area contributed by atoms with E-state index in [0.717, 1.165) is 37.5 Å². The zero-order valence-corrected chi connectivity index (χ0v) is 23.5. The lowest BCUT2D eigenvalue weighted by Crippen LogP contribution is -2.24. The first kappa shape index (κ1) is 38.3. The zero-order chi connectivity index (χ0) is 27.6. The van der Waals surface area contributed by atoms with Crippen molar-refractivity contribution in [3.05, 3.63) is 0 Å². The Bertz CT molecular complexity index is 438. The van der Waals surface area contributed by atoms with E-state index in [2.05, 4.69) is 27.7 Å². The van der Waals surface area contributed by atoms with Gasteiger partial charge in [0.2, 0.25) is 0 Å². The van der Waals surface area contributed by atoms with Crippen LogP contribution in [0.3, 0.4) is 0 Å². The lowest BCUT2D eigenvalue weighted by Gasteiger charge is -2.16. The number of ether oxygens (including phenoxy) is 2. The van der Waals surface area contributed by atoms with E-state index < -0.39 is 18.0 Å². The largest absolute Gasteiger partial charge is 0.481 e. The van der Waals surface area contributed by atoms with Crippen molar-refractivity contribution >= 4 is 11.9 Å². The molecule has 0 saturated heterocycles. The number of carboxylic acid groups (broad SMARTS) is 2. The molecule has 0 rings (SSSR count). The van der Waals surface area contributed by atoms with E-state index >= 15 is 0 Å². The number of carboxylic acids is 2. The molecule has 0 aromatic carbocycles. The first-order valence-corrected chi connectivity index (χ1v) is 13.3. The van der Waals surface area contributed by atoms with E-state index in [0.29, 0.717) is 26.1 Å². The van der Waals surface area contributed by atoms with Gasteiger partial charge in [-0.25, -0.2) is 0 Å². The maximum atomic E-state index is 10.1. The number of carbonyl (C=O) groups is 2. The van der Waals surface area contributed by atoms with Gasteiger partial charge in [-0.3, -0.25) is 9.59 Å². The summed E-state index contributed by atoms with van der Waals surface area (Å²) in [7, 11) is 0. The van der Waals surface area contributed by atoms with Crippen LogP contribution in [0.2, 0.25) is 0 Å². The summed E-state index contributed by atoms with van der Waals surface area (Å²) in [5.74, 6) is 0.156. The molecule has 0 fully saturated rings. The molecular weight excluding hydrogens is 452 g/mol. The van der Waals surface area contributed by atoms with Gasteiger partial charge in [-0.2, -0.15) is 0 Å². The Morgan fingerprint density at radius 1 is 0.629 bits per heavy atom. The Hall–Kier alpha value is -1.22. The normalized spacial score (nSPS) is 13.3. The van der Waals surface area contributed by atoms with Crippen LogP contribution in [0, 0.1) is 11.8 Å². The van der Waals surface area contributed by atoms with E-state index in [1.54, 1.807) is 13.8 Å². The van der Waals surface area contributed by atoms with Gasteiger partial charge in [0, 0.05) is 12.8 Å². The van der Waals surface area contributed by atoms with E-state index in [4.69, 9.17) is 29.9 Å². The summed E-state index contributed by atoms with van der Waals surface area (Å²) >= 11 is 0. The Balaban J connectivity index is -0.000000441. The smallest absolute Gasteiger partial charge is 0.303 e. The molecule has 0 heterocycles. The minimum atomic E-state index is -0.672. The molecule has 0 amide bonds. The lowest BCUT2D eigenvalue weighted by atomic mass is 10.0. The molecule has 0 spiro atoms. The van der Waals surface area contributed by atoms with Crippen LogP contribution in [0.1, 0.15) is 113 Å². The number of aliphatic hydroxyl groups excluding tert-OH is 2. The molecule has 0 aliphatic rings. The molecule has 8 nitrogen and oxygen atoms in total. The SMILES string of the molecule is CC(C)CCCCCC(=O)O.CC(C)CCCCCC(=O)O.CC(O)COC(C)COC(C)CO. The zero-order valence-electron chi connectivity index (χ0n) is 23.5. The molecule has 0 aliphatic carbocycles. The molecule has 3 atom stereocenters. The fraction of sp³-hybridized carbons (Fsp3) is 0.926. The predicted molar refractivity (Wildman–Crippen MR) is 141 cm³/mol. The Morgan fingerprint density at radius 2 is 1.03 bits per heavy atom. The summed E-state index contributed by atoms with van der Waals surface area (Å²) in [6, 6.07) is 0. The summed E-state index contributed by atoms with van der Waals surface area (Å²) in [5.41, 5.74) is 0. The fourth-order valence-corrected chi connectivity index (χ4v) is 2.72. The summed E-state index contributed by atoms with van der Waals surface area (Å²) in [6.45, 7) is 14.9. The van der Waals surface area contributed by atoms with Crippen LogP contribution < -0.4 is 0 Å². The molecular formula is C27H56O8. The van der Waals surface area contributed by atoms with Crippen LogP contribution in [0.15, 0.2) is 0 Å². The number of rotatable bonds is 19. The molecule has 0 aromatic heterocycles. The molecule has 4 N–H and O–H groups in total. The highest BCUT2D eigenvalue weighted by Gasteiger charge is 2.07. The maximum Gasteiger partial charge on any atom is 0.303 e. The quantitative estimate of drug-likeness (QED) is 0.167. The molecule has 35 heavy (non-hydrogen) atoms. The molecule has 8 heteroatoms. The molecule has 3 unspecified atom stereocenters. The average Bonchev–Trinajstić information content (AvgIpc) is 2.75. The second kappa shape index (κ2) is 27.4. The van der Waals surface area contributed by atoms with E-state index in [-0.39, 0.29) is 18.8 Å². The van der Waals surface area contributed by atoms with Crippen LogP contribution in [0.4, 0.5) is 0 Å². The van der Waals surface area contributed by atoms with Crippen molar-refractivity contribution in [2.45, 2.75) is 131 Å². The van der Waals surface area contributed by atoms with Gasteiger partial charge in [-0.05, 0) is 45.4 Å². The highest BCUT2D eigenvalue weighted by molar-refractivity contribution is 5.66. The van der Waals surface area contributed by atoms with Gasteiger partial charge in [0.05, 0.1) is 38.1 Å². The Labute approximate surface area is 214 Å². The van der Waals surface area contributed by atoms with Crippen LogP contribution in [0.25, 0.3) is 0 Å². The molecule has 0 aliphatic heterocycles. The van der Waals surface area contributed by atoms with Crippen molar-refractivity contribution in [1.29, 1.82) is 0 Å². The Morgan fingerprint density at radius 3 is 1.34 bits per heavy atom. The second-order valence-corrected chi connectivity index (χ2v) is 10.1. The Kier molecular flexibility index (Phi) is 30.0. The monoisotopic (exact) mass is 508 g/mol. The van der Waals surface area contributed by atoms with Gasteiger partial charge < -0.3 is 29.9 Å². The second-order valence-electron chi connectivity index (χ2n) is 10.1. The third-order valence-electron chi connectivity index (χ3n) is 4.84. The first-order chi connectivity index (χ1) is 16.3. The number of aliphatic hydroxyl groups is 2. The van der Waals surface area contributed by atoms with Crippen molar-refractivity contribution in [3.8, 4) is 0 Å². The maximum absolute atomic E-state index is 10.1. The molecule has 212 valence electrons. The van der Waals surface area contributed by atoms with Crippen molar-refractivity contribution in [2.24, 2.45) is 11.8 Å². The van der Waals surface area contributed by atoms with E-state index in [1.165, 1.54) is 25.7 Å². The number of unbranched alkanes of at least 4 members (excludes halogenated alkanes) is 4. The van der Waals surface area contributed by atoms with Crippen LogP contribution in [0.5, 0.6) is 0 Å². The highest BCUT2D eigenvalue weighted by Crippen LogP contribution is 2.09. The summed E-state index contributed by atoms with van der Waals surface area (Å²) < 4.78 is 10.5. The van der Waals surface area contributed by atoms with Gasteiger partial charge >= 0.3 is 11.9 Å². The van der Waals surface area contributed by atoms with Crippen molar-refractivity contribution < 1.29 is 39.5 Å². The average molecular weight is 509 g/mol. The number of aliphatic carboxylic acids is 2. The number of hydrogen-bond acceptors (Lipinski definition) is 6. The summed E-state index contributed by atoms with van der Waals surface area (Å²) in [4.78, 5) is 20.2. The van der Waals surface area contributed by atoms with Gasteiger partial charge in [0.25, 0.3) is 0 Å². The third kappa shape index (κ3) is 43.3. The summed E-state index contributed by atoms with van der Waals surface area (Å²) in [5, 5.41) is 34.2. The highest BCUT2D eigenvalue weighted by atomic mass is 16.5. The minimum Gasteiger partial charge on any atom is -0.481 e. The third-order valence-corrected chi connectivity index (χ3v) is 4.84. The standard InChI is InChI=1S/C9H20O4.2C9H18O2/c1-7(11)5-12-9(3)6-13-8(2)4-10;2*1-8(2)6-4-3-5-7-9(10)11/h7-11H,4-6H2,1-3H3;2*8H,3-7H2,1-2H3,(H,10,11). The first-order valence-electron chi connectivity index (χ1n) is 13.3. The van der Waals surface area contributed by atoms with Crippen LogP contribution in [-0.4, -0.2) is 70.5 Å². The molecule has 0 aromatic rings. The lowest BCUT2D eigenvalue weighted by molar-refractivity contribution is -0.138. The number of hydrogen-bond donors (Lipinski definition) is 4. The van der Waals surface area contributed by atoms with Gasteiger partial charge in [-0.1, -0.05) is 66.2 Å². The van der Waals surface area contributed by atoms with Crippen molar-refractivity contribution in [1.82, 2.24) is 0 Å². The van der Waals surface area contributed by atoms with Gasteiger partial charge in [-0.15, -0.1) is 0 Å². The minimum absolute atomic E-state index is 0.0170. The molecule has 0 radical (unpaired) electrons.